The largest absolute Gasteiger partial charge is 0.383 e. The van der Waals surface area contributed by atoms with Gasteiger partial charge in [0.15, 0.2) is 9.84 Å². The van der Waals surface area contributed by atoms with Crippen LogP contribution in [0.2, 0.25) is 0 Å². The molecule has 1 aliphatic rings. The minimum atomic E-state index is -2.80. The van der Waals surface area contributed by atoms with Crippen LogP contribution in [0.25, 0.3) is 0 Å². The molecular weight excluding hydrogens is 228 g/mol. The van der Waals surface area contributed by atoms with Crippen molar-refractivity contribution < 1.29 is 13.2 Å². The molecule has 16 heavy (non-hydrogen) atoms. The molecule has 0 bridgehead atoms. The van der Waals surface area contributed by atoms with Gasteiger partial charge >= 0.3 is 0 Å². The summed E-state index contributed by atoms with van der Waals surface area (Å²) >= 11 is 0. The van der Waals surface area contributed by atoms with Crippen molar-refractivity contribution in [3.63, 3.8) is 0 Å². The lowest BCUT2D eigenvalue weighted by Crippen LogP contribution is -2.46. The van der Waals surface area contributed by atoms with Crippen LogP contribution in [0, 0.1) is 0 Å². The van der Waals surface area contributed by atoms with Gasteiger partial charge in [0.05, 0.1) is 18.1 Å². The number of nitrogens with zero attached hydrogens (tertiary/aromatic N) is 1. The van der Waals surface area contributed by atoms with E-state index in [1.807, 2.05) is 7.05 Å². The van der Waals surface area contributed by atoms with E-state index in [4.69, 9.17) is 4.74 Å². The minimum absolute atomic E-state index is 0.115. The lowest BCUT2D eigenvalue weighted by Gasteiger charge is -2.25. The van der Waals surface area contributed by atoms with Crippen molar-refractivity contribution in [1.82, 2.24) is 10.2 Å². The molecule has 1 rings (SSSR count). The number of methoxy groups -OCH3 is 1. The van der Waals surface area contributed by atoms with Crippen molar-refractivity contribution in [2.45, 2.75) is 12.5 Å². The van der Waals surface area contributed by atoms with Crippen LogP contribution < -0.4 is 5.32 Å². The molecule has 1 fully saturated rings. The van der Waals surface area contributed by atoms with E-state index < -0.39 is 9.84 Å². The van der Waals surface area contributed by atoms with E-state index >= 15 is 0 Å². The Balaban J connectivity index is 2.22. The third kappa shape index (κ3) is 5.25. The first-order chi connectivity index (χ1) is 7.53. The van der Waals surface area contributed by atoms with Crippen LogP contribution in [0.5, 0.6) is 0 Å². The molecule has 1 unspecified atom stereocenters. The molecule has 1 atom stereocenters. The van der Waals surface area contributed by atoms with Crippen LogP contribution in [0.4, 0.5) is 0 Å². The number of rotatable bonds is 6. The van der Waals surface area contributed by atoms with Gasteiger partial charge in [-0.15, -0.1) is 0 Å². The van der Waals surface area contributed by atoms with Crippen LogP contribution in [-0.4, -0.2) is 71.3 Å². The normalized spacial score (nSPS) is 24.8. The number of nitrogens with one attached hydrogen (secondary N) is 1. The Kier molecular flexibility index (Phi) is 5.68. The van der Waals surface area contributed by atoms with Crippen LogP contribution in [0.3, 0.4) is 0 Å². The topological polar surface area (TPSA) is 58.6 Å². The summed E-state index contributed by atoms with van der Waals surface area (Å²) in [5.41, 5.74) is 0. The first-order valence-corrected chi connectivity index (χ1v) is 7.47. The smallest absolute Gasteiger partial charge is 0.153 e. The zero-order chi connectivity index (χ0) is 12.0. The van der Waals surface area contributed by atoms with Gasteiger partial charge in [-0.05, 0) is 20.0 Å². The summed E-state index contributed by atoms with van der Waals surface area (Å²) < 4.78 is 27.8. The Bertz CT molecular complexity index is 292. The zero-order valence-electron chi connectivity index (χ0n) is 10.1. The maximum absolute atomic E-state index is 11.4. The van der Waals surface area contributed by atoms with Crippen LogP contribution >= 0.6 is 0 Å². The predicted octanol–water partition coefficient (Wildman–Crippen LogP) is -0.659. The van der Waals surface area contributed by atoms with Crippen LogP contribution in [0.15, 0.2) is 0 Å². The lowest BCUT2D eigenvalue weighted by molar-refractivity contribution is 0.159. The van der Waals surface area contributed by atoms with Crippen LogP contribution in [0.1, 0.15) is 6.42 Å². The number of sulfone groups is 1. The first kappa shape index (κ1) is 13.9. The highest BCUT2D eigenvalue weighted by Crippen LogP contribution is 2.05. The van der Waals surface area contributed by atoms with E-state index in [0.29, 0.717) is 13.2 Å². The molecule has 6 heteroatoms. The number of likely N-dealkylation sites (N-methyl/N-ethyl adjacent to an activating group) is 1. The zero-order valence-corrected chi connectivity index (χ0v) is 10.9. The summed E-state index contributed by atoms with van der Waals surface area (Å²) in [5, 5.41) is 3.25. The molecule has 0 aliphatic carbocycles. The van der Waals surface area contributed by atoms with Crippen LogP contribution in [-0.2, 0) is 14.6 Å². The van der Waals surface area contributed by atoms with Gasteiger partial charge in [0.1, 0.15) is 0 Å². The second-order valence-electron chi connectivity index (χ2n) is 4.35. The molecule has 0 aromatic heterocycles. The van der Waals surface area contributed by atoms with Crippen molar-refractivity contribution in [2.75, 3.05) is 51.9 Å². The minimum Gasteiger partial charge on any atom is -0.383 e. The number of hydrogen-bond acceptors (Lipinski definition) is 5. The van der Waals surface area contributed by atoms with Gasteiger partial charge in [-0.3, -0.25) is 0 Å². The fraction of sp³-hybridized carbons (Fsp3) is 1.00. The molecule has 0 aromatic carbocycles. The monoisotopic (exact) mass is 250 g/mol. The SMILES string of the molecule is COCCN(C)CCC1CS(=O)(=O)CCN1. The standard InChI is InChI=1S/C10H22N2O3S/c1-12(6-7-15-2)5-3-10-9-16(13,14)8-4-11-10/h10-11H,3-9H2,1-2H3. The average molecular weight is 250 g/mol. The highest BCUT2D eigenvalue weighted by molar-refractivity contribution is 7.91. The molecule has 1 N–H and O–H groups in total. The first-order valence-electron chi connectivity index (χ1n) is 5.65. The fourth-order valence-electron chi connectivity index (χ4n) is 1.79. The molecule has 0 amide bonds. The summed E-state index contributed by atoms with van der Waals surface area (Å²) in [6.07, 6.45) is 0.874. The quantitative estimate of drug-likeness (QED) is 0.678. The third-order valence-corrected chi connectivity index (χ3v) is 4.57. The maximum Gasteiger partial charge on any atom is 0.153 e. The van der Waals surface area contributed by atoms with Gasteiger partial charge in [-0.1, -0.05) is 0 Å². The molecule has 96 valence electrons. The average Bonchev–Trinajstić information content (AvgIpc) is 2.22. The van der Waals surface area contributed by atoms with E-state index in [1.165, 1.54) is 0 Å². The van der Waals surface area contributed by atoms with Crippen molar-refractivity contribution in [3.8, 4) is 0 Å². The Morgan fingerprint density at radius 1 is 1.44 bits per heavy atom. The van der Waals surface area contributed by atoms with E-state index in [1.54, 1.807) is 7.11 Å². The van der Waals surface area contributed by atoms with Gasteiger partial charge in [-0.2, -0.15) is 0 Å². The van der Waals surface area contributed by atoms with Gasteiger partial charge in [-0.25, -0.2) is 8.42 Å². The van der Waals surface area contributed by atoms with Crippen molar-refractivity contribution in [1.29, 1.82) is 0 Å². The van der Waals surface area contributed by atoms with E-state index in [2.05, 4.69) is 10.2 Å². The van der Waals surface area contributed by atoms with E-state index in [0.717, 1.165) is 19.5 Å². The molecule has 5 nitrogen and oxygen atoms in total. The Hall–Kier alpha value is -0.170. The summed E-state index contributed by atoms with van der Waals surface area (Å²) in [6, 6.07) is 0.115. The van der Waals surface area contributed by atoms with Gasteiger partial charge in [0.2, 0.25) is 0 Å². The van der Waals surface area contributed by atoms with Gasteiger partial charge < -0.3 is 15.0 Å². The molecule has 0 saturated carbocycles. The molecular formula is C10H22N2O3S. The summed E-state index contributed by atoms with van der Waals surface area (Å²) in [5.74, 6) is 0.564. The summed E-state index contributed by atoms with van der Waals surface area (Å²) in [4.78, 5) is 2.16. The molecule has 0 spiro atoms. The molecule has 1 aliphatic heterocycles. The Labute approximate surface area is 98.1 Å². The molecule has 1 heterocycles. The van der Waals surface area contributed by atoms with Crippen molar-refractivity contribution in [3.05, 3.63) is 0 Å². The third-order valence-electron chi connectivity index (χ3n) is 2.84. The summed E-state index contributed by atoms with van der Waals surface area (Å²) in [6.45, 7) is 3.09. The highest BCUT2D eigenvalue weighted by atomic mass is 32.2. The molecule has 0 radical (unpaired) electrons. The van der Waals surface area contributed by atoms with E-state index in [9.17, 15) is 8.42 Å². The van der Waals surface area contributed by atoms with Gasteiger partial charge in [0, 0.05) is 26.2 Å². The Morgan fingerprint density at radius 3 is 2.81 bits per heavy atom. The molecule has 0 aromatic rings. The van der Waals surface area contributed by atoms with Crippen molar-refractivity contribution in [2.24, 2.45) is 0 Å². The Morgan fingerprint density at radius 2 is 2.19 bits per heavy atom. The number of ether oxygens (including phenoxy) is 1. The lowest BCUT2D eigenvalue weighted by atomic mass is 10.2. The second-order valence-corrected chi connectivity index (χ2v) is 6.58. The highest BCUT2D eigenvalue weighted by Gasteiger charge is 2.23. The molecule has 1 saturated heterocycles. The van der Waals surface area contributed by atoms with E-state index in [-0.39, 0.29) is 17.5 Å². The second kappa shape index (κ2) is 6.54. The fourth-order valence-corrected chi connectivity index (χ4v) is 3.28. The summed E-state index contributed by atoms with van der Waals surface area (Å²) in [7, 11) is 0.905. The maximum atomic E-state index is 11.4. The van der Waals surface area contributed by atoms with Crippen molar-refractivity contribution >= 4 is 9.84 Å². The van der Waals surface area contributed by atoms with Gasteiger partial charge in [0.25, 0.3) is 0 Å². The number of hydrogen-bond donors (Lipinski definition) is 1. The predicted molar refractivity (Wildman–Crippen MR) is 64.4 cm³/mol.